The molecule has 6 heteroatoms. The smallest absolute Gasteiger partial charge is 0.413 e. The fourth-order valence-corrected chi connectivity index (χ4v) is 2.22. The lowest BCUT2D eigenvalue weighted by Crippen LogP contribution is -2.56. The summed E-state index contributed by atoms with van der Waals surface area (Å²) in [6, 6.07) is 0. The summed E-state index contributed by atoms with van der Waals surface area (Å²) in [6.07, 6.45) is -1.16. The Labute approximate surface area is 107 Å². The zero-order valence-electron chi connectivity index (χ0n) is 11.3. The van der Waals surface area contributed by atoms with Gasteiger partial charge < -0.3 is 14.9 Å². The van der Waals surface area contributed by atoms with Gasteiger partial charge in [-0.05, 0) is 40.0 Å². The maximum Gasteiger partial charge on any atom is 0.413 e. The molecule has 2 N–H and O–H groups in total. The summed E-state index contributed by atoms with van der Waals surface area (Å²) >= 11 is 0. The van der Waals surface area contributed by atoms with Crippen LogP contribution in [0.1, 0.15) is 47.0 Å². The highest BCUT2D eigenvalue weighted by molar-refractivity contribution is 5.85. The Balaban J connectivity index is 3.02. The molecular formula is C12H21NO5. The van der Waals surface area contributed by atoms with Crippen molar-refractivity contribution in [3.63, 3.8) is 0 Å². The van der Waals surface area contributed by atoms with Gasteiger partial charge in [0.1, 0.15) is 17.4 Å². The fourth-order valence-electron chi connectivity index (χ4n) is 2.22. The summed E-state index contributed by atoms with van der Waals surface area (Å²) in [5.74, 6) is -1.10. The SMILES string of the molecule is CC[C@@]1(C(=O)O)CCC(O)N1C(=O)OC(C)(C)C. The molecule has 0 saturated carbocycles. The molecule has 0 spiro atoms. The zero-order valence-corrected chi connectivity index (χ0v) is 11.3. The molecule has 0 aromatic heterocycles. The van der Waals surface area contributed by atoms with Crippen molar-refractivity contribution >= 4 is 12.1 Å². The first-order valence-corrected chi connectivity index (χ1v) is 6.08. The average Bonchev–Trinajstić information content (AvgIpc) is 2.53. The monoisotopic (exact) mass is 259 g/mol. The first-order chi connectivity index (χ1) is 8.14. The summed E-state index contributed by atoms with van der Waals surface area (Å²) in [7, 11) is 0. The molecule has 6 nitrogen and oxygen atoms in total. The predicted molar refractivity (Wildman–Crippen MR) is 64.0 cm³/mol. The standard InChI is InChI=1S/C12H21NO5/c1-5-12(9(15)16)7-6-8(14)13(12)10(17)18-11(2,3)4/h8,14H,5-7H2,1-4H3,(H,15,16)/t8?,12-/m0/s1. The van der Waals surface area contributed by atoms with E-state index >= 15 is 0 Å². The van der Waals surface area contributed by atoms with Crippen molar-refractivity contribution in [2.75, 3.05) is 0 Å². The quantitative estimate of drug-likeness (QED) is 0.786. The van der Waals surface area contributed by atoms with Crippen LogP contribution in [0, 0.1) is 0 Å². The van der Waals surface area contributed by atoms with Gasteiger partial charge in [-0.3, -0.25) is 4.90 Å². The molecule has 1 rings (SSSR count). The Bertz CT molecular complexity index is 349. The van der Waals surface area contributed by atoms with Gasteiger partial charge >= 0.3 is 12.1 Å². The van der Waals surface area contributed by atoms with E-state index in [-0.39, 0.29) is 19.3 Å². The van der Waals surface area contributed by atoms with E-state index in [0.717, 1.165) is 4.90 Å². The number of aliphatic carboxylic acids is 1. The number of hydrogen-bond acceptors (Lipinski definition) is 4. The summed E-state index contributed by atoms with van der Waals surface area (Å²) in [6.45, 7) is 6.77. The molecule has 104 valence electrons. The molecule has 1 amide bonds. The van der Waals surface area contributed by atoms with Gasteiger partial charge in [0.2, 0.25) is 0 Å². The first kappa shape index (κ1) is 14.8. The van der Waals surface area contributed by atoms with E-state index in [9.17, 15) is 19.8 Å². The zero-order chi connectivity index (χ0) is 14.1. The lowest BCUT2D eigenvalue weighted by atomic mass is 9.93. The van der Waals surface area contributed by atoms with E-state index in [0.29, 0.717) is 0 Å². The number of aliphatic hydroxyl groups is 1. The Kier molecular flexibility index (Phi) is 3.90. The Morgan fingerprint density at radius 2 is 2.00 bits per heavy atom. The van der Waals surface area contributed by atoms with Crippen LogP contribution in [0.15, 0.2) is 0 Å². The molecule has 0 aliphatic carbocycles. The summed E-state index contributed by atoms with van der Waals surface area (Å²) in [5.41, 5.74) is -2.08. The van der Waals surface area contributed by atoms with Gasteiger partial charge in [-0.15, -0.1) is 0 Å². The number of nitrogens with zero attached hydrogens (tertiary/aromatic N) is 1. The molecule has 1 heterocycles. The lowest BCUT2D eigenvalue weighted by Gasteiger charge is -2.36. The lowest BCUT2D eigenvalue weighted by molar-refractivity contribution is -0.153. The first-order valence-electron chi connectivity index (χ1n) is 6.08. The normalized spacial score (nSPS) is 28.3. The number of carboxylic acids is 1. The van der Waals surface area contributed by atoms with Crippen molar-refractivity contribution in [2.45, 2.75) is 64.3 Å². The minimum absolute atomic E-state index is 0.235. The van der Waals surface area contributed by atoms with Crippen molar-refractivity contribution in [3.05, 3.63) is 0 Å². The van der Waals surface area contributed by atoms with Gasteiger partial charge in [-0.1, -0.05) is 6.92 Å². The van der Waals surface area contributed by atoms with Crippen LogP contribution in [0.2, 0.25) is 0 Å². The van der Waals surface area contributed by atoms with Crippen LogP contribution in [0.25, 0.3) is 0 Å². The predicted octanol–water partition coefficient (Wildman–Crippen LogP) is 1.57. The molecule has 0 radical (unpaired) electrons. The number of rotatable bonds is 2. The Morgan fingerprint density at radius 3 is 2.39 bits per heavy atom. The van der Waals surface area contributed by atoms with Crippen LogP contribution in [-0.2, 0) is 9.53 Å². The van der Waals surface area contributed by atoms with Crippen molar-refractivity contribution in [1.29, 1.82) is 0 Å². The molecule has 1 fully saturated rings. The van der Waals surface area contributed by atoms with Gasteiger partial charge in [0.25, 0.3) is 0 Å². The van der Waals surface area contributed by atoms with E-state index in [2.05, 4.69) is 0 Å². The summed E-state index contributed by atoms with van der Waals surface area (Å²) < 4.78 is 5.16. The minimum atomic E-state index is -1.36. The Morgan fingerprint density at radius 1 is 1.44 bits per heavy atom. The van der Waals surface area contributed by atoms with Crippen LogP contribution < -0.4 is 0 Å². The fraction of sp³-hybridized carbons (Fsp3) is 0.833. The third-order valence-corrected chi connectivity index (χ3v) is 3.15. The number of carboxylic acid groups (broad SMARTS) is 1. The number of ether oxygens (including phenoxy) is 1. The third kappa shape index (κ3) is 2.58. The number of carbonyl (C=O) groups is 2. The van der Waals surface area contributed by atoms with E-state index in [4.69, 9.17) is 4.74 Å². The molecule has 2 atom stereocenters. The molecular weight excluding hydrogens is 238 g/mol. The number of carbonyl (C=O) groups excluding carboxylic acids is 1. The summed E-state index contributed by atoms with van der Waals surface area (Å²) in [5, 5.41) is 19.2. The van der Waals surface area contributed by atoms with Crippen LogP contribution in [0.4, 0.5) is 4.79 Å². The highest BCUT2D eigenvalue weighted by Gasteiger charge is 2.54. The highest BCUT2D eigenvalue weighted by Crippen LogP contribution is 2.37. The number of hydrogen-bond donors (Lipinski definition) is 2. The van der Waals surface area contributed by atoms with Gasteiger partial charge in [0.15, 0.2) is 0 Å². The molecule has 1 aliphatic rings. The molecule has 1 saturated heterocycles. The van der Waals surface area contributed by atoms with Crippen molar-refractivity contribution in [2.24, 2.45) is 0 Å². The highest BCUT2D eigenvalue weighted by atomic mass is 16.6. The number of likely N-dealkylation sites (tertiary alicyclic amines) is 1. The van der Waals surface area contributed by atoms with E-state index in [1.807, 2.05) is 0 Å². The molecule has 1 aliphatic heterocycles. The van der Waals surface area contributed by atoms with E-state index in [1.165, 1.54) is 0 Å². The second-order valence-electron chi connectivity index (χ2n) is 5.56. The number of amides is 1. The van der Waals surface area contributed by atoms with Gasteiger partial charge in [-0.25, -0.2) is 9.59 Å². The maximum absolute atomic E-state index is 12.0. The minimum Gasteiger partial charge on any atom is -0.479 e. The second kappa shape index (κ2) is 4.76. The van der Waals surface area contributed by atoms with Crippen LogP contribution in [0.5, 0.6) is 0 Å². The third-order valence-electron chi connectivity index (χ3n) is 3.15. The van der Waals surface area contributed by atoms with Crippen LogP contribution >= 0.6 is 0 Å². The molecule has 0 aromatic rings. The molecule has 18 heavy (non-hydrogen) atoms. The van der Waals surface area contributed by atoms with Crippen LogP contribution in [0.3, 0.4) is 0 Å². The van der Waals surface area contributed by atoms with E-state index in [1.54, 1.807) is 27.7 Å². The van der Waals surface area contributed by atoms with Gasteiger partial charge in [0.05, 0.1) is 0 Å². The van der Waals surface area contributed by atoms with E-state index < -0.39 is 29.4 Å². The topological polar surface area (TPSA) is 87.1 Å². The number of aliphatic hydroxyl groups excluding tert-OH is 1. The molecule has 0 bridgehead atoms. The molecule has 0 aromatic carbocycles. The van der Waals surface area contributed by atoms with Crippen molar-refractivity contribution in [1.82, 2.24) is 4.90 Å². The van der Waals surface area contributed by atoms with Gasteiger partial charge in [0, 0.05) is 0 Å². The Hall–Kier alpha value is -1.30. The maximum atomic E-state index is 12.0. The van der Waals surface area contributed by atoms with Gasteiger partial charge in [-0.2, -0.15) is 0 Å². The summed E-state index contributed by atoms with van der Waals surface area (Å²) in [4.78, 5) is 24.4. The second-order valence-corrected chi connectivity index (χ2v) is 5.56. The largest absolute Gasteiger partial charge is 0.479 e. The molecule has 1 unspecified atom stereocenters. The van der Waals surface area contributed by atoms with Crippen molar-refractivity contribution in [3.8, 4) is 0 Å². The van der Waals surface area contributed by atoms with Crippen LogP contribution in [-0.4, -0.2) is 44.5 Å². The average molecular weight is 259 g/mol. The van der Waals surface area contributed by atoms with Crippen molar-refractivity contribution < 1.29 is 24.5 Å².